The fourth-order valence-corrected chi connectivity index (χ4v) is 3.51. The number of rotatable bonds is 3. The van der Waals surface area contributed by atoms with Crippen molar-refractivity contribution in [2.75, 3.05) is 4.90 Å². The number of aromatic nitrogens is 2. The van der Waals surface area contributed by atoms with Gasteiger partial charge in [0.15, 0.2) is 0 Å². The van der Waals surface area contributed by atoms with Gasteiger partial charge >= 0.3 is 0 Å². The first-order valence-corrected chi connectivity index (χ1v) is 11.1. The Balaban J connectivity index is 2.18. The largest absolute Gasteiger partial charge is 0.279 e. The zero-order valence-corrected chi connectivity index (χ0v) is 20.6. The lowest BCUT2D eigenvalue weighted by molar-refractivity contribution is 0.588. The highest BCUT2D eigenvalue weighted by atomic mass is 15.2. The number of hydrogen-bond donors (Lipinski definition) is 0. The van der Waals surface area contributed by atoms with Gasteiger partial charge in [0.25, 0.3) is 0 Å². The second-order valence-corrected chi connectivity index (χ2v) is 11.4. The van der Waals surface area contributed by atoms with Crippen molar-refractivity contribution >= 4 is 17.3 Å². The highest BCUT2D eigenvalue weighted by Gasteiger charge is 2.22. The van der Waals surface area contributed by atoms with Crippen molar-refractivity contribution in [3.05, 3.63) is 77.6 Å². The summed E-state index contributed by atoms with van der Waals surface area (Å²) in [6.45, 7) is 20.1. The summed E-state index contributed by atoms with van der Waals surface area (Å²) >= 11 is 0. The van der Waals surface area contributed by atoms with E-state index in [1.165, 1.54) is 16.7 Å². The van der Waals surface area contributed by atoms with E-state index in [2.05, 4.69) is 116 Å². The van der Waals surface area contributed by atoms with Crippen molar-refractivity contribution in [2.45, 2.75) is 78.6 Å². The lowest BCUT2D eigenvalue weighted by atomic mass is 9.86. The smallest absolute Gasteiger partial charge is 0.138 e. The summed E-state index contributed by atoms with van der Waals surface area (Å²) in [5.74, 6) is 1.77. The van der Waals surface area contributed by atoms with Crippen LogP contribution in [0.15, 0.2) is 60.9 Å². The predicted octanol–water partition coefficient (Wildman–Crippen LogP) is 7.84. The average Bonchev–Trinajstić information content (AvgIpc) is 2.67. The second kappa shape index (κ2) is 8.11. The monoisotopic (exact) mass is 415 g/mol. The van der Waals surface area contributed by atoms with E-state index in [1.54, 1.807) is 0 Å². The van der Waals surface area contributed by atoms with Gasteiger partial charge in [0.05, 0.1) is 0 Å². The van der Waals surface area contributed by atoms with Gasteiger partial charge in [-0.25, -0.2) is 9.97 Å². The maximum atomic E-state index is 4.75. The average molecular weight is 416 g/mol. The first kappa shape index (κ1) is 23.0. The van der Waals surface area contributed by atoms with Gasteiger partial charge in [0, 0.05) is 18.1 Å². The summed E-state index contributed by atoms with van der Waals surface area (Å²) in [6, 6.07) is 17.3. The van der Waals surface area contributed by atoms with Crippen molar-refractivity contribution in [1.82, 2.24) is 9.97 Å². The van der Waals surface area contributed by atoms with E-state index in [1.807, 2.05) is 12.4 Å². The molecule has 0 unspecified atom stereocenters. The van der Waals surface area contributed by atoms with Gasteiger partial charge in [-0.05, 0) is 69.3 Å². The molecule has 3 heteroatoms. The molecule has 0 spiro atoms. The van der Waals surface area contributed by atoms with Gasteiger partial charge in [-0.2, -0.15) is 0 Å². The number of pyridine rings is 2. The van der Waals surface area contributed by atoms with Gasteiger partial charge < -0.3 is 0 Å². The highest BCUT2D eigenvalue weighted by Crippen LogP contribution is 2.36. The molecule has 0 saturated heterocycles. The molecule has 0 saturated carbocycles. The SMILES string of the molecule is CC(C)(C)c1ccc(N(c2cc(C(C)(C)C)ccn2)c2cc(C(C)(C)C)ccn2)cc1. The zero-order valence-electron chi connectivity index (χ0n) is 20.6. The van der Waals surface area contributed by atoms with E-state index >= 15 is 0 Å². The highest BCUT2D eigenvalue weighted by molar-refractivity contribution is 5.73. The Kier molecular flexibility index (Phi) is 6.01. The molecule has 3 aromatic rings. The van der Waals surface area contributed by atoms with Gasteiger partial charge in [0.1, 0.15) is 11.6 Å². The van der Waals surface area contributed by atoms with Crippen LogP contribution in [0.1, 0.15) is 79.0 Å². The zero-order chi connectivity index (χ0) is 23.0. The summed E-state index contributed by atoms with van der Waals surface area (Å²) in [5, 5.41) is 0. The summed E-state index contributed by atoms with van der Waals surface area (Å²) < 4.78 is 0. The molecule has 164 valence electrons. The Hall–Kier alpha value is -2.68. The van der Waals surface area contributed by atoms with E-state index in [4.69, 9.17) is 9.97 Å². The Morgan fingerprint density at radius 3 is 1.26 bits per heavy atom. The van der Waals surface area contributed by atoms with Crippen LogP contribution in [0.25, 0.3) is 0 Å². The van der Waals surface area contributed by atoms with Gasteiger partial charge in [-0.3, -0.25) is 4.90 Å². The molecule has 2 heterocycles. The van der Waals surface area contributed by atoms with E-state index < -0.39 is 0 Å². The van der Waals surface area contributed by atoms with Crippen molar-refractivity contribution in [3.63, 3.8) is 0 Å². The molecule has 0 N–H and O–H groups in total. The quantitative estimate of drug-likeness (QED) is 0.436. The minimum atomic E-state index is 0.0418. The first-order chi connectivity index (χ1) is 14.3. The lowest BCUT2D eigenvalue weighted by Crippen LogP contribution is -2.18. The van der Waals surface area contributed by atoms with Crippen molar-refractivity contribution in [1.29, 1.82) is 0 Å². The molecular weight excluding hydrogens is 378 g/mol. The molecular formula is C28H37N3. The van der Waals surface area contributed by atoms with E-state index in [0.717, 1.165) is 17.3 Å². The van der Waals surface area contributed by atoms with Crippen molar-refractivity contribution < 1.29 is 0 Å². The van der Waals surface area contributed by atoms with Crippen LogP contribution >= 0.6 is 0 Å². The van der Waals surface area contributed by atoms with E-state index in [-0.39, 0.29) is 16.2 Å². The van der Waals surface area contributed by atoms with Gasteiger partial charge in [-0.1, -0.05) is 74.4 Å². The third-order valence-electron chi connectivity index (χ3n) is 5.67. The fraction of sp³-hybridized carbons (Fsp3) is 0.429. The van der Waals surface area contributed by atoms with Crippen LogP contribution in [-0.2, 0) is 16.2 Å². The maximum Gasteiger partial charge on any atom is 0.138 e. The van der Waals surface area contributed by atoms with Crippen LogP contribution in [-0.4, -0.2) is 9.97 Å². The Bertz CT molecular complexity index is 972. The molecule has 0 bridgehead atoms. The molecule has 31 heavy (non-hydrogen) atoms. The van der Waals surface area contributed by atoms with Crippen molar-refractivity contribution in [2.24, 2.45) is 0 Å². The molecule has 0 aliphatic carbocycles. The molecule has 2 aromatic heterocycles. The summed E-state index contributed by atoms with van der Waals surface area (Å²) in [7, 11) is 0. The van der Waals surface area contributed by atoms with Gasteiger partial charge in [0.2, 0.25) is 0 Å². The second-order valence-electron chi connectivity index (χ2n) is 11.4. The molecule has 0 aliphatic heterocycles. The van der Waals surface area contributed by atoms with Crippen LogP contribution in [0, 0.1) is 0 Å². The number of nitrogens with zero attached hydrogens (tertiary/aromatic N) is 3. The summed E-state index contributed by atoms with van der Waals surface area (Å²) in [6.07, 6.45) is 3.81. The number of anilines is 3. The van der Waals surface area contributed by atoms with E-state index in [0.29, 0.717) is 0 Å². The van der Waals surface area contributed by atoms with Crippen LogP contribution in [0.2, 0.25) is 0 Å². The molecule has 0 fully saturated rings. The maximum absolute atomic E-state index is 4.75. The molecule has 3 nitrogen and oxygen atoms in total. The third kappa shape index (κ3) is 5.33. The fourth-order valence-electron chi connectivity index (χ4n) is 3.51. The third-order valence-corrected chi connectivity index (χ3v) is 5.67. The van der Waals surface area contributed by atoms with Gasteiger partial charge in [-0.15, -0.1) is 0 Å². The minimum absolute atomic E-state index is 0.0418. The predicted molar refractivity (Wildman–Crippen MR) is 133 cm³/mol. The van der Waals surface area contributed by atoms with Crippen LogP contribution < -0.4 is 4.90 Å². The number of benzene rings is 1. The number of hydrogen-bond acceptors (Lipinski definition) is 3. The standard InChI is InChI=1S/C28H37N3/c1-26(2,3)20-10-12-23(13-11-20)31(24-18-21(14-16-29-24)27(4,5)6)25-19-22(15-17-30-25)28(7,8)9/h10-19H,1-9H3. The topological polar surface area (TPSA) is 29.0 Å². The minimum Gasteiger partial charge on any atom is -0.279 e. The Morgan fingerprint density at radius 2 is 0.903 bits per heavy atom. The Labute approximate surface area is 188 Å². The molecule has 3 rings (SSSR count). The Morgan fingerprint density at radius 1 is 0.516 bits per heavy atom. The van der Waals surface area contributed by atoms with Crippen LogP contribution in [0.3, 0.4) is 0 Å². The van der Waals surface area contributed by atoms with Crippen LogP contribution in [0.5, 0.6) is 0 Å². The molecule has 0 aliphatic rings. The molecule has 1 aromatic carbocycles. The molecule has 0 atom stereocenters. The molecule has 0 amide bonds. The summed E-state index contributed by atoms with van der Waals surface area (Å²) in [5.41, 5.74) is 5.06. The normalized spacial score (nSPS) is 12.7. The van der Waals surface area contributed by atoms with Crippen molar-refractivity contribution in [3.8, 4) is 0 Å². The van der Waals surface area contributed by atoms with E-state index in [9.17, 15) is 0 Å². The summed E-state index contributed by atoms with van der Waals surface area (Å²) in [4.78, 5) is 11.7. The molecule has 0 radical (unpaired) electrons. The van der Waals surface area contributed by atoms with Crippen LogP contribution in [0.4, 0.5) is 17.3 Å². The lowest BCUT2D eigenvalue weighted by Gasteiger charge is -2.28. The first-order valence-electron chi connectivity index (χ1n) is 11.1.